The zero-order valence-corrected chi connectivity index (χ0v) is 25.9. The first kappa shape index (κ1) is 29.3. The molecule has 41 heavy (non-hydrogen) atoms. The summed E-state index contributed by atoms with van der Waals surface area (Å²) in [7, 11) is 0. The van der Waals surface area contributed by atoms with E-state index in [1.165, 1.54) is 50.5 Å². The van der Waals surface area contributed by atoms with E-state index in [1.807, 2.05) is 0 Å². The number of hydrogen-bond donors (Lipinski definition) is 1. The van der Waals surface area contributed by atoms with Gasteiger partial charge < -0.3 is 0 Å². The summed E-state index contributed by atoms with van der Waals surface area (Å²) in [5.74, 6) is 0.406. The summed E-state index contributed by atoms with van der Waals surface area (Å²) in [6.45, 7) is 12.2. The van der Waals surface area contributed by atoms with E-state index in [-0.39, 0.29) is 29.2 Å². The molecular formula is C35H51NO5. The molecule has 6 rings (SSSR count). The van der Waals surface area contributed by atoms with Crippen LogP contribution < -0.4 is 0 Å². The summed E-state index contributed by atoms with van der Waals surface area (Å²) in [5.41, 5.74) is -0.142. The van der Waals surface area contributed by atoms with Crippen LogP contribution in [0.2, 0.25) is 0 Å². The van der Waals surface area contributed by atoms with Crippen molar-refractivity contribution in [1.82, 2.24) is 5.06 Å². The highest BCUT2D eigenvalue weighted by molar-refractivity contribution is 6.34. The number of carbonyl (C=O) groups is 4. The van der Waals surface area contributed by atoms with E-state index < -0.39 is 34.7 Å². The third-order valence-corrected chi connectivity index (χ3v) is 13.7. The number of rotatable bonds is 6. The number of fused-ring (bicyclic) bond motifs is 5. The van der Waals surface area contributed by atoms with Crippen molar-refractivity contribution in [2.75, 3.05) is 0 Å². The van der Waals surface area contributed by atoms with Crippen molar-refractivity contribution < 1.29 is 24.4 Å². The molecule has 5 aliphatic carbocycles. The molecule has 6 heteroatoms. The van der Waals surface area contributed by atoms with Crippen LogP contribution in [0, 0.1) is 63.6 Å². The summed E-state index contributed by atoms with van der Waals surface area (Å²) < 4.78 is 0. The molecule has 1 saturated heterocycles. The highest BCUT2D eigenvalue weighted by Gasteiger charge is 2.72. The second-order valence-corrected chi connectivity index (χ2v) is 15.9. The fourth-order valence-corrected chi connectivity index (χ4v) is 11.6. The molecule has 1 aliphatic heterocycles. The van der Waals surface area contributed by atoms with Crippen LogP contribution in [0.1, 0.15) is 118 Å². The Morgan fingerprint density at radius 3 is 2.32 bits per heavy atom. The van der Waals surface area contributed by atoms with Crippen molar-refractivity contribution in [1.29, 1.82) is 0 Å². The van der Waals surface area contributed by atoms with Gasteiger partial charge in [0.1, 0.15) is 0 Å². The standard InChI is InChI=1S/C35H51NO5/c1-20(2)7-6-8-21(3)25-11-12-26-24-10-9-23-19-22(15-17-33(23,4)27(24)16-18-34(25,26)5)30-31(39)36(41)32(40)35(30)28(37)13-14-29(35)38/h9,20-22,24-27,30,41H,6-8,10-19H2,1-5H3/t21-,22?,24?,25-,26?,27?,30?,33+,34-/m1/s1. The predicted molar refractivity (Wildman–Crippen MR) is 155 cm³/mol. The van der Waals surface area contributed by atoms with Gasteiger partial charge in [-0.25, -0.2) is 0 Å². The largest absolute Gasteiger partial charge is 0.298 e. The second-order valence-electron chi connectivity index (χ2n) is 15.9. The summed E-state index contributed by atoms with van der Waals surface area (Å²) in [4.78, 5) is 52.4. The molecule has 5 unspecified atom stereocenters. The highest BCUT2D eigenvalue weighted by Crippen LogP contribution is 2.68. The Balaban J connectivity index is 1.22. The second kappa shape index (κ2) is 10.1. The summed E-state index contributed by atoms with van der Waals surface area (Å²) in [6, 6.07) is 0. The number of Topliss-reactive ketones (excluding diaryl/α,β-unsaturated/α-hetero) is 2. The normalized spacial score (nSPS) is 42.5. The third-order valence-electron chi connectivity index (χ3n) is 13.7. The van der Waals surface area contributed by atoms with E-state index in [9.17, 15) is 24.4 Å². The Morgan fingerprint density at radius 1 is 0.927 bits per heavy atom. The molecule has 5 fully saturated rings. The lowest BCUT2D eigenvalue weighted by atomic mass is 9.46. The van der Waals surface area contributed by atoms with Gasteiger partial charge in [0.05, 0.1) is 5.92 Å². The SMILES string of the molecule is CC(C)CCC[C@@H](C)[C@H]1CCC2C3CC=C4CC(C5C(=O)N(O)C(=O)C56C(=O)CCC6=O)CC[C@]4(C)C3CC[C@@]21C. The summed E-state index contributed by atoms with van der Waals surface area (Å²) in [6.07, 6.45) is 15.0. The summed E-state index contributed by atoms with van der Waals surface area (Å²) in [5, 5.41) is 10.4. The van der Waals surface area contributed by atoms with Crippen molar-refractivity contribution >= 4 is 23.4 Å². The van der Waals surface area contributed by atoms with Crippen LogP contribution in [-0.2, 0) is 19.2 Å². The Morgan fingerprint density at radius 2 is 1.63 bits per heavy atom. The van der Waals surface area contributed by atoms with Gasteiger partial charge in [0.25, 0.3) is 11.8 Å². The smallest absolute Gasteiger partial charge is 0.275 e. The Kier molecular flexibility index (Phi) is 7.23. The van der Waals surface area contributed by atoms with Crippen LogP contribution in [-0.4, -0.2) is 33.7 Å². The van der Waals surface area contributed by atoms with E-state index >= 15 is 0 Å². The third kappa shape index (κ3) is 4.04. The predicted octanol–water partition coefficient (Wildman–Crippen LogP) is 6.94. The highest BCUT2D eigenvalue weighted by atomic mass is 16.5. The molecule has 2 amide bonds. The minimum Gasteiger partial charge on any atom is -0.298 e. The molecule has 1 spiro atoms. The molecule has 0 aromatic heterocycles. The van der Waals surface area contributed by atoms with E-state index in [0.717, 1.165) is 36.5 Å². The molecule has 0 aromatic carbocycles. The monoisotopic (exact) mass is 565 g/mol. The van der Waals surface area contributed by atoms with Crippen LogP contribution in [0.15, 0.2) is 11.6 Å². The zero-order chi connectivity index (χ0) is 29.5. The molecule has 4 saturated carbocycles. The lowest BCUT2D eigenvalue weighted by molar-refractivity contribution is -0.174. The maximum atomic E-state index is 13.2. The van der Waals surface area contributed by atoms with E-state index in [1.54, 1.807) is 0 Å². The van der Waals surface area contributed by atoms with Crippen molar-refractivity contribution in [3.05, 3.63) is 11.6 Å². The minimum absolute atomic E-state index is 0.0173. The first-order valence-corrected chi connectivity index (χ1v) is 16.7. The van der Waals surface area contributed by atoms with Crippen molar-refractivity contribution in [2.45, 2.75) is 118 Å². The number of imide groups is 1. The van der Waals surface area contributed by atoms with E-state index in [0.29, 0.717) is 30.1 Å². The average molecular weight is 566 g/mol. The van der Waals surface area contributed by atoms with E-state index in [2.05, 4.69) is 40.7 Å². The Hall–Kier alpha value is -1.82. The van der Waals surface area contributed by atoms with Gasteiger partial charge in [-0.2, -0.15) is 5.06 Å². The average Bonchev–Trinajstić information content (AvgIpc) is 3.50. The molecular weight excluding hydrogens is 514 g/mol. The van der Waals surface area contributed by atoms with E-state index in [4.69, 9.17) is 0 Å². The van der Waals surface area contributed by atoms with Gasteiger partial charge in [-0.15, -0.1) is 0 Å². The minimum atomic E-state index is -1.99. The zero-order valence-electron chi connectivity index (χ0n) is 25.9. The molecule has 0 bridgehead atoms. The van der Waals surface area contributed by atoms with Gasteiger partial charge in [0, 0.05) is 12.8 Å². The number of carbonyl (C=O) groups excluding carboxylic acids is 4. The van der Waals surface area contributed by atoms with Crippen LogP contribution in [0.25, 0.3) is 0 Å². The first-order chi connectivity index (χ1) is 19.4. The van der Waals surface area contributed by atoms with Gasteiger partial charge in [-0.3, -0.25) is 24.4 Å². The van der Waals surface area contributed by atoms with Crippen LogP contribution in [0.3, 0.4) is 0 Å². The van der Waals surface area contributed by atoms with Gasteiger partial charge >= 0.3 is 0 Å². The molecule has 1 N–H and O–H groups in total. The van der Waals surface area contributed by atoms with Gasteiger partial charge in [0.2, 0.25) is 0 Å². The van der Waals surface area contributed by atoms with Crippen molar-refractivity contribution in [3.8, 4) is 0 Å². The molecule has 6 aliphatic rings. The van der Waals surface area contributed by atoms with Crippen LogP contribution in [0.5, 0.6) is 0 Å². The lowest BCUT2D eigenvalue weighted by Crippen LogP contribution is -2.52. The molecule has 0 radical (unpaired) electrons. The number of nitrogens with zero attached hydrogens (tertiary/aromatic N) is 1. The quantitative estimate of drug-likeness (QED) is 0.163. The van der Waals surface area contributed by atoms with Gasteiger partial charge in [0.15, 0.2) is 17.0 Å². The van der Waals surface area contributed by atoms with Crippen molar-refractivity contribution in [3.63, 3.8) is 0 Å². The number of ketones is 2. The number of amides is 2. The molecule has 226 valence electrons. The van der Waals surface area contributed by atoms with Gasteiger partial charge in [-0.05, 0) is 104 Å². The van der Waals surface area contributed by atoms with Crippen LogP contribution >= 0.6 is 0 Å². The molecule has 6 nitrogen and oxygen atoms in total. The molecule has 1 heterocycles. The van der Waals surface area contributed by atoms with Crippen LogP contribution in [0.4, 0.5) is 0 Å². The summed E-state index contributed by atoms with van der Waals surface area (Å²) >= 11 is 0. The first-order valence-electron chi connectivity index (χ1n) is 16.7. The fraction of sp³-hybridized carbons (Fsp3) is 0.829. The Bertz CT molecular complexity index is 1160. The fourth-order valence-electron chi connectivity index (χ4n) is 11.6. The van der Waals surface area contributed by atoms with Crippen molar-refractivity contribution in [2.24, 2.45) is 63.6 Å². The number of hydroxylamine groups is 2. The lowest BCUT2D eigenvalue weighted by Gasteiger charge is -2.59. The number of hydrogen-bond acceptors (Lipinski definition) is 5. The topological polar surface area (TPSA) is 91.8 Å². The Labute approximate surface area is 246 Å². The maximum Gasteiger partial charge on any atom is 0.275 e. The number of allylic oxidation sites excluding steroid dienone is 2. The molecule has 0 aromatic rings. The maximum absolute atomic E-state index is 13.2. The van der Waals surface area contributed by atoms with Gasteiger partial charge in [-0.1, -0.05) is 65.5 Å². The molecule has 9 atom stereocenters.